The van der Waals surface area contributed by atoms with Crippen LogP contribution in [0.4, 0.5) is 5.69 Å². The maximum atomic E-state index is 11.7. The smallest absolute Gasteiger partial charge is 0.340 e. The van der Waals surface area contributed by atoms with Crippen LogP contribution in [0, 0.1) is 0 Å². The van der Waals surface area contributed by atoms with Crippen LogP contribution < -0.4 is 0 Å². The largest absolute Gasteiger partial charge is 0.465 e. The summed E-state index contributed by atoms with van der Waals surface area (Å²) in [4.78, 5) is 22.2. The molecule has 7 heteroatoms. The number of carbonyl (C=O) groups is 1. The van der Waals surface area contributed by atoms with E-state index < -0.39 is 5.97 Å². The van der Waals surface area contributed by atoms with E-state index in [4.69, 9.17) is 21.1 Å². The van der Waals surface area contributed by atoms with Crippen LogP contribution in [0.25, 0.3) is 0 Å². The first-order chi connectivity index (χ1) is 9.63. The maximum Gasteiger partial charge on any atom is 0.340 e. The fourth-order valence-electron chi connectivity index (χ4n) is 1.93. The third-order valence-electron chi connectivity index (χ3n) is 3.03. The van der Waals surface area contributed by atoms with Gasteiger partial charge in [0.25, 0.3) is 0 Å². The molecule has 0 radical (unpaired) electrons. The van der Waals surface area contributed by atoms with Gasteiger partial charge in [-0.1, -0.05) is 11.6 Å². The Morgan fingerprint density at radius 1 is 1.50 bits per heavy atom. The number of ether oxygens (including phenoxy) is 2. The first-order valence-corrected chi connectivity index (χ1v) is 6.62. The number of nitrogens with zero attached hydrogens (tertiary/aromatic N) is 3. The lowest BCUT2D eigenvalue weighted by Gasteiger charge is -2.28. The van der Waals surface area contributed by atoms with Crippen molar-refractivity contribution in [3.8, 4) is 0 Å². The summed E-state index contributed by atoms with van der Waals surface area (Å²) in [7, 11) is 1.32. The van der Waals surface area contributed by atoms with Gasteiger partial charge >= 0.3 is 5.97 Å². The van der Waals surface area contributed by atoms with E-state index in [1.807, 2.05) is 6.92 Å². The highest BCUT2D eigenvalue weighted by Gasteiger charge is 2.17. The van der Waals surface area contributed by atoms with Gasteiger partial charge in [-0.05, 0) is 13.0 Å². The molecule has 0 unspecified atom stereocenters. The van der Waals surface area contributed by atoms with Crippen LogP contribution in [0.2, 0.25) is 5.15 Å². The molecule has 1 aliphatic rings. The quantitative estimate of drug-likeness (QED) is 0.361. The highest BCUT2D eigenvalue weighted by atomic mass is 35.5. The highest BCUT2D eigenvalue weighted by molar-refractivity contribution is 6.32. The Morgan fingerprint density at radius 2 is 2.20 bits per heavy atom. The normalized spacial score (nSPS) is 16.1. The first kappa shape index (κ1) is 14.7. The van der Waals surface area contributed by atoms with Crippen molar-refractivity contribution in [1.82, 2.24) is 9.88 Å². The molecule has 0 aliphatic carbocycles. The van der Waals surface area contributed by atoms with Crippen molar-refractivity contribution >= 4 is 29.1 Å². The minimum absolute atomic E-state index is 0.181. The Hall–Kier alpha value is -1.66. The summed E-state index contributed by atoms with van der Waals surface area (Å²) in [6.07, 6.45) is 1.46. The van der Waals surface area contributed by atoms with E-state index in [9.17, 15) is 4.79 Å². The summed E-state index contributed by atoms with van der Waals surface area (Å²) in [6, 6.07) is 1.54. The number of morpholine rings is 1. The van der Waals surface area contributed by atoms with Crippen molar-refractivity contribution in [3.05, 3.63) is 23.0 Å². The number of aromatic nitrogens is 1. The zero-order valence-electron chi connectivity index (χ0n) is 11.4. The Bertz CT molecular complexity index is 528. The monoisotopic (exact) mass is 297 g/mol. The minimum atomic E-state index is -0.483. The molecular formula is C13H16ClN3O3. The molecule has 20 heavy (non-hydrogen) atoms. The number of aliphatic imine (C=N–C) groups is 1. The van der Waals surface area contributed by atoms with Crippen LogP contribution in [-0.4, -0.2) is 55.1 Å². The third-order valence-corrected chi connectivity index (χ3v) is 3.30. The molecule has 0 aromatic carbocycles. The number of rotatable bonds is 2. The van der Waals surface area contributed by atoms with Gasteiger partial charge in [-0.15, -0.1) is 0 Å². The fourth-order valence-corrected chi connectivity index (χ4v) is 2.13. The SMILES string of the molecule is COC(=O)c1ccnc(Cl)c1N=C(C)N1CCOCC1. The zero-order valence-corrected chi connectivity index (χ0v) is 12.2. The van der Waals surface area contributed by atoms with Gasteiger partial charge in [0.05, 0.1) is 25.9 Å². The summed E-state index contributed by atoms with van der Waals surface area (Å²) in [5, 5.41) is 0.181. The second kappa shape index (κ2) is 6.67. The molecule has 1 aromatic heterocycles. The van der Waals surface area contributed by atoms with Gasteiger partial charge in [-0.2, -0.15) is 0 Å². The summed E-state index contributed by atoms with van der Waals surface area (Å²) < 4.78 is 10.0. The summed E-state index contributed by atoms with van der Waals surface area (Å²) in [6.45, 7) is 4.73. The number of amidine groups is 1. The highest BCUT2D eigenvalue weighted by Crippen LogP contribution is 2.28. The van der Waals surface area contributed by atoms with Gasteiger partial charge in [-0.3, -0.25) is 0 Å². The van der Waals surface area contributed by atoms with E-state index in [1.165, 1.54) is 13.3 Å². The lowest BCUT2D eigenvalue weighted by atomic mass is 10.2. The van der Waals surface area contributed by atoms with Crippen molar-refractivity contribution in [1.29, 1.82) is 0 Å². The number of methoxy groups -OCH3 is 1. The van der Waals surface area contributed by atoms with Crippen LogP contribution in [-0.2, 0) is 9.47 Å². The van der Waals surface area contributed by atoms with Crippen LogP contribution in [0.15, 0.2) is 17.3 Å². The zero-order chi connectivity index (χ0) is 14.5. The van der Waals surface area contributed by atoms with Crippen LogP contribution in [0.5, 0.6) is 0 Å². The van der Waals surface area contributed by atoms with E-state index in [-0.39, 0.29) is 5.15 Å². The summed E-state index contributed by atoms with van der Waals surface area (Å²) in [5.74, 6) is 0.288. The molecule has 2 rings (SSSR count). The third kappa shape index (κ3) is 3.26. The molecule has 0 saturated carbocycles. The summed E-state index contributed by atoms with van der Waals surface area (Å²) in [5.41, 5.74) is 0.644. The Labute approximate surface area is 122 Å². The second-order valence-corrected chi connectivity index (χ2v) is 4.61. The molecule has 0 atom stereocenters. The summed E-state index contributed by atoms with van der Waals surface area (Å²) >= 11 is 6.04. The lowest BCUT2D eigenvalue weighted by Crippen LogP contribution is -2.39. The molecule has 108 valence electrons. The fraction of sp³-hybridized carbons (Fsp3) is 0.462. The number of halogens is 1. The maximum absolute atomic E-state index is 11.7. The van der Waals surface area contributed by atoms with Crippen LogP contribution in [0.3, 0.4) is 0 Å². The van der Waals surface area contributed by atoms with Gasteiger partial charge in [0.2, 0.25) is 0 Å². The van der Waals surface area contributed by atoms with Gasteiger partial charge < -0.3 is 14.4 Å². The second-order valence-electron chi connectivity index (χ2n) is 4.25. The van der Waals surface area contributed by atoms with Crippen LogP contribution in [0.1, 0.15) is 17.3 Å². The van der Waals surface area contributed by atoms with Crippen molar-refractivity contribution in [2.75, 3.05) is 33.4 Å². The minimum Gasteiger partial charge on any atom is -0.465 e. The molecule has 2 heterocycles. The molecule has 1 aliphatic heterocycles. The number of esters is 1. The number of hydrogen-bond acceptors (Lipinski definition) is 5. The number of carbonyl (C=O) groups excluding carboxylic acids is 1. The molecule has 0 N–H and O–H groups in total. The Balaban J connectivity index is 2.33. The topological polar surface area (TPSA) is 64.0 Å². The van der Waals surface area contributed by atoms with E-state index in [0.29, 0.717) is 24.5 Å². The van der Waals surface area contributed by atoms with E-state index >= 15 is 0 Å². The standard InChI is InChI=1S/C13H16ClN3O3/c1-9(17-5-7-20-8-6-17)16-11-10(13(18)19-2)3-4-15-12(11)14/h3-4H,5-8H2,1-2H3. The Kier molecular flexibility index (Phi) is 4.92. The average Bonchev–Trinajstić information content (AvgIpc) is 2.49. The van der Waals surface area contributed by atoms with E-state index in [0.717, 1.165) is 18.9 Å². The number of hydrogen-bond donors (Lipinski definition) is 0. The Morgan fingerprint density at radius 3 is 2.85 bits per heavy atom. The molecule has 1 saturated heterocycles. The molecule has 1 fully saturated rings. The molecule has 0 bridgehead atoms. The van der Waals surface area contributed by atoms with Gasteiger partial charge in [0, 0.05) is 19.3 Å². The van der Waals surface area contributed by atoms with Gasteiger partial charge in [0.1, 0.15) is 11.5 Å². The van der Waals surface area contributed by atoms with Gasteiger partial charge in [-0.25, -0.2) is 14.8 Å². The molecular weight excluding hydrogens is 282 g/mol. The number of pyridine rings is 1. The average molecular weight is 298 g/mol. The van der Waals surface area contributed by atoms with Crippen molar-refractivity contribution in [2.45, 2.75) is 6.92 Å². The lowest BCUT2D eigenvalue weighted by molar-refractivity contribution is 0.0601. The van der Waals surface area contributed by atoms with Crippen molar-refractivity contribution < 1.29 is 14.3 Å². The van der Waals surface area contributed by atoms with E-state index in [1.54, 1.807) is 6.07 Å². The molecule has 1 aromatic rings. The predicted molar refractivity (Wildman–Crippen MR) is 75.7 cm³/mol. The van der Waals surface area contributed by atoms with Crippen molar-refractivity contribution in [3.63, 3.8) is 0 Å². The first-order valence-electron chi connectivity index (χ1n) is 6.24. The van der Waals surface area contributed by atoms with Crippen molar-refractivity contribution in [2.24, 2.45) is 4.99 Å². The molecule has 0 spiro atoms. The molecule has 0 amide bonds. The van der Waals surface area contributed by atoms with Gasteiger partial charge in [0.15, 0.2) is 5.15 Å². The van der Waals surface area contributed by atoms with Crippen LogP contribution >= 0.6 is 11.6 Å². The predicted octanol–water partition coefficient (Wildman–Crippen LogP) is 1.90. The molecule has 6 nitrogen and oxygen atoms in total. The van der Waals surface area contributed by atoms with E-state index in [2.05, 4.69) is 14.9 Å².